The smallest absolute Gasteiger partial charge is 0.330 e. The Kier molecular flexibility index (Phi) is 4.62. The second-order valence-corrected chi connectivity index (χ2v) is 5.46. The van der Waals surface area contributed by atoms with Crippen LogP contribution in [0.1, 0.15) is 6.92 Å². The zero-order valence-electron chi connectivity index (χ0n) is 10.1. The molecule has 0 saturated heterocycles. The van der Waals surface area contributed by atoms with E-state index in [1.165, 1.54) is 10.9 Å². The van der Waals surface area contributed by atoms with Crippen LogP contribution in [0.4, 0.5) is 11.5 Å². The van der Waals surface area contributed by atoms with Crippen LogP contribution in [-0.2, 0) is 17.1 Å². The van der Waals surface area contributed by atoms with Crippen LogP contribution >= 0.6 is 0 Å². The van der Waals surface area contributed by atoms with Crippen molar-refractivity contribution in [3.05, 3.63) is 16.3 Å². The third-order valence-corrected chi connectivity index (χ3v) is 3.50. The van der Waals surface area contributed by atoms with Crippen LogP contribution in [0.3, 0.4) is 0 Å². The van der Waals surface area contributed by atoms with Crippen LogP contribution in [0.25, 0.3) is 0 Å². The molecule has 0 aliphatic rings. The Hall–Kier alpha value is -1.68. The molecule has 1 rings (SSSR count). The minimum absolute atomic E-state index is 0.0488. The molecule has 0 radical (unpaired) electrons. The fourth-order valence-electron chi connectivity index (χ4n) is 1.33. The molecule has 0 aliphatic heterocycles. The maximum absolute atomic E-state index is 11.3. The Balaban J connectivity index is 2.62. The maximum atomic E-state index is 11.3. The lowest BCUT2D eigenvalue weighted by molar-refractivity contribution is -0.384. The Labute approximate surface area is 104 Å². The van der Waals surface area contributed by atoms with Crippen LogP contribution in [0.15, 0.2) is 6.20 Å². The number of aromatic nitrogens is 2. The average Bonchev–Trinajstić information content (AvgIpc) is 2.59. The summed E-state index contributed by atoms with van der Waals surface area (Å²) in [6, 6.07) is 0. The molecular formula is C8H15N5O4S. The lowest BCUT2D eigenvalue weighted by atomic mass is 10.5. The zero-order valence-corrected chi connectivity index (χ0v) is 10.9. The van der Waals surface area contributed by atoms with E-state index in [1.54, 1.807) is 14.0 Å². The van der Waals surface area contributed by atoms with E-state index in [2.05, 4.69) is 15.1 Å². The van der Waals surface area contributed by atoms with Crippen LogP contribution in [0.5, 0.6) is 0 Å². The van der Waals surface area contributed by atoms with Gasteiger partial charge in [-0.3, -0.25) is 14.8 Å². The highest BCUT2D eigenvalue weighted by atomic mass is 32.2. The van der Waals surface area contributed by atoms with Gasteiger partial charge in [-0.25, -0.2) is 13.1 Å². The molecule has 0 spiro atoms. The highest BCUT2D eigenvalue weighted by Crippen LogP contribution is 2.20. The van der Waals surface area contributed by atoms with Crippen molar-refractivity contribution in [2.45, 2.75) is 6.92 Å². The first-order valence-corrected chi connectivity index (χ1v) is 6.90. The Morgan fingerprint density at radius 3 is 2.78 bits per heavy atom. The van der Waals surface area contributed by atoms with Crippen molar-refractivity contribution in [1.29, 1.82) is 0 Å². The summed E-state index contributed by atoms with van der Waals surface area (Å²) in [5, 5.41) is 17.2. The zero-order chi connectivity index (χ0) is 13.8. The number of nitro groups is 1. The van der Waals surface area contributed by atoms with Crippen molar-refractivity contribution in [3.63, 3.8) is 0 Å². The van der Waals surface area contributed by atoms with Gasteiger partial charge in [0.15, 0.2) is 0 Å². The molecule has 0 unspecified atom stereocenters. The van der Waals surface area contributed by atoms with E-state index >= 15 is 0 Å². The molecule has 10 heteroatoms. The number of sulfonamides is 1. The van der Waals surface area contributed by atoms with Gasteiger partial charge in [-0.05, 0) is 0 Å². The number of anilines is 1. The van der Waals surface area contributed by atoms with E-state index in [-0.39, 0.29) is 23.8 Å². The van der Waals surface area contributed by atoms with E-state index < -0.39 is 14.9 Å². The summed E-state index contributed by atoms with van der Waals surface area (Å²) >= 11 is 0. The fourth-order valence-corrected chi connectivity index (χ4v) is 2.29. The van der Waals surface area contributed by atoms with Gasteiger partial charge in [0, 0.05) is 20.1 Å². The first-order chi connectivity index (χ1) is 8.35. The third kappa shape index (κ3) is 3.96. The molecule has 1 aromatic heterocycles. The number of nitrogens with zero attached hydrogens (tertiary/aromatic N) is 3. The fraction of sp³-hybridized carbons (Fsp3) is 0.625. The number of aryl methyl sites for hydroxylation is 1. The molecule has 1 heterocycles. The molecule has 1 aromatic rings. The average molecular weight is 277 g/mol. The lowest BCUT2D eigenvalue weighted by Gasteiger charge is -2.04. The number of hydrogen-bond acceptors (Lipinski definition) is 6. The molecule has 9 nitrogen and oxygen atoms in total. The SMILES string of the molecule is CCNS(=O)(=O)CCNc1nn(C)cc1[N+](=O)[O-]. The predicted molar refractivity (Wildman–Crippen MR) is 65.8 cm³/mol. The van der Waals surface area contributed by atoms with Gasteiger partial charge in [0.25, 0.3) is 0 Å². The molecule has 0 atom stereocenters. The molecule has 0 aliphatic carbocycles. The summed E-state index contributed by atoms with van der Waals surface area (Å²) < 4.78 is 26.3. The highest BCUT2D eigenvalue weighted by molar-refractivity contribution is 7.89. The lowest BCUT2D eigenvalue weighted by Crippen LogP contribution is -2.29. The van der Waals surface area contributed by atoms with Crippen LogP contribution in [0.2, 0.25) is 0 Å². The van der Waals surface area contributed by atoms with Gasteiger partial charge >= 0.3 is 5.69 Å². The number of hydrogen-bond donors (Lipinski definition) is 2. The molecule has 18 heavy (non-hydrogen) atoms. The van der Waals surface area contributed by atoms with Crippen molar-refractivity contribution in [1.82, 2.24) is 14.5 Å². The van der Waals surface area contributed by atoms with Crippen LogP contribution < -0.4 is 10.0 Å². The Morgan fingerprint density at radius 1 is 1.56 bits per heavy atom. The van der Waals surface area contributed by atoms with Gasteiger partial charge in [-0.2, -0.15) is 0 Å². The molecule has 0 aromatic carbocycles. The van der Waals surface area contributed by atoms with Gasteiger partial charge in [0.1, 0.15) is 6.20 Å². The quantitative estimate of drug-likeness (QED) is 0.520. The second-order valence-electron chi connectivity index (χ2n) is 3.54. The Morgan fingerprint density at radius 2 is 2.22 bits per heavy atom. The van der Waals surface area contributed by atoms with Gasteiger partial charge in [0.2, 0.25) is 15.8 Å². The Bertz CT molecular complexity index is 524. The van der Waals surface area contributed by atoms with Crippen LogP contribution in [0, 0.1) is 10.1 Å². The molecule has 0 bridgehead atoms. The van der Waals surface area contributed by atoms with E-state index in [4.69, 9.17) is 0 Å². The maximum Gasteiger partial charge on any atom is 0.330 e. The van der Waals surface area contributed by atoms with Crippen LogP contribution in [-0.4, -0.2) is 42.0 Å². The topological polar surface area (TPSA) is 119 Å². The summed E-state index contributed by atoms with van der Waals surface area (Å²) in [4.78, 5) is 10.1. The van der Waals surface area contributed by atoms with E-state index in [0.717, 1.165) is 0 Å². The summed E-state index contributed by atoms with van der Waals surface area (Å²) in [6.45, 7) is 2.04. The minimum atomic E-state index is -3.35. The first kappa shape index (κ1) is 14.4. The van der Waals surface area contributed by atoms with Crippen molar-refractivity contribution in [3.8, 4) is 0 Å². The predicted octanol–water partition coefficient (Wildman–Crippen LogP) is -0.320. The minimum Gasteiger partial charge on any atom is -0.362 e. The van der Waals surface area contributed by atoms with Crippen molar-refractivity contribution >= 4 is 21.5 Å². The third-order valence-electron chi connectivity index (χ3n) is 2.03. The molecule has 102 valence electrons. The van der Waals surface area contributed by atoms with Gasteiger partial charge < -0.3 is 5.32 Å². The normalized spacial score (nSPS) is 11.4. The monoisotopic (exact) mass is 277 g/mol. The van der Waals surface area contributed by atoms with Gasteiger partial charge in [-0.15, -0.1) is 5.10 Å². The van der Waals surface area contributed by atoms with E-state index in [9.17, 15) is 18.5 Å². The molecular weight excluding hydrogens is 262 g/mol. The summed E-state index contributed by atoms with van der Waals surface area (Å²) in [5.41, 5.74) is -0.182. The molecule has 2 N–H and O–H groups in total. The van der Waals surface area contributed by atoms with Crippen molar-refractivity contribution < 1.29 is 13.3 Å². The summed E-state index contributed by atoms with van der Waals surface area (Å²) in [7, 11) is -1.80. The first-order valence-electron chi connectivity index (χ1n) is 5.25. The van der Waals surface area contributed by atoms with Gasteiger partial charge in [0.05, 0.1) is 10.7 Å². The standard InChI is InChI=1S/C8H15N5O4S/c1-3-10-18(16,17)5-4-9-8-7(13(14)15)6-12(2)11-8/h6,10H,3-5H2,1-2H3,(H,9,11). The second kappa shape index (κ2) is 5.78. The molecule has 0 fully saturated rings. The largest absolute Gasteiger partial charge is 0.362 e. The molecule has 0 amide bonds. The summed E-state index contributed by atoms with van der Waals surface area (Å²) in [5.74, 6) is -0.108. The number of nitrogens with one attached hydrogen (secondary N) is 2. The highest BCUT2D eigenvalue weighted by Gasteiger charge is 2.18. The van der Waals surface area contributed by atoms with Crippen molar-refractivity contribution in [2.75, 3.05) is 24.2 Å². The summed E-state index contributed by atoms with van der Waals surface area (Å²) in [6.07, 6.45) is 1.25. The van der Waals surface area contributed by atoms with Gasteiger partial charge in [-0.1, -0.05) is 6.92 Å². The number of rotatable bonds is 7. The van der Waals surface area contributed by atoms with E-state index in [0.29, 0.717) is 6.54 Å². The van der Waals surface area contributed by atoms with Crippen molar-refractivity contribution in [2.24, 2.45) is 7.05 Å². The molecule has 0 saturated carbocycles. The van der Waals surface area contributed by atoms with E-state index in [1.807, 2.05) is 0 Å².